The Labute approximate surface area is 112 Å². The van der Waals surface area contributed by atoms with E-state index >= 15 is 0 Å². The van der Waals surface area contributed by atoms with Gasteiger partial charge in [0.2, 0.25) is 0 Å². The van der Waals surface area contributed by atoms with Crippen LogP contribution in [0.3, 0.4) is 0 Å². The fourth-order valence-corrected chi connectivity index (χ4v) is 4.24. The number of piperidine rings is 2. The van der Waals surface area contributed by atoms with Crippen molar-refractivity contribution in [2.75, 3.05) is 39.8 Å². The van der Waals surface area contributed by atoms with E-state index in [1.54, 1.807) is 0 Å². The zero-order valence-corrected chi connectivity index (χ0v) is 11.9. The first-order valence-corrected chi connectivity index (χ1v) is 7.99. The summed E-state index contributed by atoms with van der Waals surface area (Å²) in [5.41, 5.74) is 0. The van der Waals surface area contributed by atoms with E-state index < -0.39 is 0 Å². The maximum Gasteiger partial charge on any atom is 0.0223 e. The van der Waals surface area contributed by atoms with Crippen molar-refractivity contribution in [3.63, 3.8) is 0 Å². The lowest BCUT2D eigenvalue weighted by Crippen LogP contribution is -2.50. The van der Waals surface area contributed by atoms with Gasteiger partial charge in [0, 0.05) is 18.6 Å². The normalized spacial score (nSPS) is 37.2. The number of likely N-dealkylation sites (N-methyl/N-ethyl adjacent to an activating group) is 1. The third-order valence-corrected chi connectivity index (χ3v) is 5.36. The monoisotopic (exact) mass is 251 g/mol. The van der Waals surface area contributed by atoms with Crippen LogP contribution in [0.25, 0.3) is 0 Å². The summed E-state index contributed by atoms with van der Waals surface area (Å²) in [4.78, 5) is 5.29. The van der Waals surface area contributed by atoms with Gasteiger partial charge in [-0.3, -0.25) is 4.90 Å². The van der Waals surface area contributed by atoms with E-state index in [1.165, 1.54) is 71.2 Å². The summed E-state index contributed by atoms with van der Waals surface area (Å²) in [6.45, 7) is 6.56. The van der Waals surface area contributed by atoms with E-state index in [1.807, 2.05) is 0 Å². The van der Waals surface area contributed by atoms with Gasteiger partial charge in [-0.25, -0.2) is 0 Å². The van der Waals surface area contributed by atoms with Gasteiger partial charge >= 0.3 is 0 Å². The molecule has 3 aliphatic heterocycles. The fraction of sp³-hybridized carbons (Fsp3) is 1.00. The highest BCUT2D eigenvalue weighted by molar-refractivity contribution is 4.88. The second kappa shape index (κ2) is 5.89. The second-order valence-electron chi connectivity index (χ2n) is 6.63. The van der Waals surface area contributed by atoms with Crippen molar-refractivity contribution in [3.05, 3.63) is 0 Å². The Morgan fingerprint density at radius 3 is 2.44 bits per heavy atom. The predicted octanol–water partition coefficient (Wildman–Crippen LogP) is 1.54. The third kappa shape index (κ3) is 2.89. The molecule has 3 nitrogen and oxygen atoms in total. The third-order valence-electron chi connectivity index (χ3n) is 5.36. The van der Waals surface area contributed by atoms with Crippen LogP contribution in [0, 0.1) is 5.92 Å². The van der Waals surface area contributed by atoms with E-state index in [0.717, 1.165) is 18.0 Å². The van der Waals surface area contributed by atoms with Gasteiger partial charge < -0.3 is 10.2 Å². The highest BCUT2D eigenvalue weighted by Crippen LogP contribution is 2.28. The molecular formula is C15H29N3. The molecule has 3 saturated heterocycles. The van der Waals surface area contributed by atoms with Gasteiger partial charge in [0.15, 0.2) is 0 Å². The predicted molar refractivity (Wildman–Crippen MR) is 75.8 cm³/mol. The van der Waals surface area contributed by atoms with Crippen molar-refractivity contribution in [2.45, 2.75) is 50.6 Å². The SMILES string of the molecule is CN1CCCC(N2CCC(C3CCCN3)CC2)C1. The molecule has 2 unspecified atom stereocenters. The van der Waals surface area contributed by atoms with Crippen LogP contribution >= 0.6 is 0 Å². The second-order valence-corrected chi connectivity index (χ2v) is 6.63. The standard InChI is InChI=1S/C15H29N3/c1-17-9-3-4-14(12-17)18-10-6-13(7-11-18)15-5-2-8-16-15/h13-16H,2-12H2,1H3. The topological polar surface area (TPSA) is 18.5 Å². The van der Waals surface area contributed by atoms with E-state index in [4.69, 9.17) is 0 Å². The van der Waals surface area contributed by atoms with Crippen LogP contribution in [-0.4, -0.2) is 61.7 Å². The minimum absolute atomic E-state index is 0.848. The Bertz CT molecular complexity index is 254. The average molecular weight is 251 g/mol. The smallest absolute Gasteiger partial charge is 0.0223 e. The van der Waals surface area contributed by atoms with Crippen molar-refractivity contribution < 1.29 is 0 Å². The molecule has 0 aromatic rings. The molecule has 3 heterocycles. The van der Waals surface area contributed by atoms with Crippen molar-refractivity contribution in [1.82, 2.24) is 15.1 Å². The van der Waals surface area contributed by atoms with Crippen molar-refractivity contribution >= 4 is 0 Å². The average Bonchev–Trinajstić information content (AvgIpc) is 2.93. The lowest BCUT2D eigenvalue weighted by Gasteiger charge is -2.42. The van der Waals surface area contributed by atoms with E-state index in [9.17, 15) is 0 Å². The van der Waals surface area contributed by atoms with Gasteiger partial charge in [0.05, 0.1) is 0 Å². The Morgan fingerprint density at radius 1 is 0.944 bits per heavy atom. The fourth-order valence-electron chi connectivity index (χ4n) is 4.24. The van der Waals surface area contributed by atoms with Crippen LogP contribution in [0.15, 0.2) is 0 Å². The van der Waals surface area contributed by atoms with Crippen molar-refractivity contribution in [1.29, 1.82) is 0 Å². The molecule has 0 amide bonds. The summed E-state index contributed by atoms with van der Waals surface area (Å²) < 4.78 is 0. The van der Waals surface area contributed by atoms with Gasteiger partial charge in [-0.2, -0.15) is 0 Å². The van der Waals surface area contributed by atoms with Gasteiger partial charge in [0.25, 0.3) is 0 Å². The summed E-state index contributed by atoms with van der Waals surface area (Å²) >= 11 is 0. The molecule has 0 spiro atoms. The van der Waals surface area contributed by atoms with Gasteiger partial charge in [-0.05, 0) is 77.7 Å². The van der Waals surface area contributed by atoms with Crippen LogP contribution in [-0.2, 0) is 0 Å². The molecule has 0 aromatic carbocycles. The van der Waals surface area contributed by atoms with Crippen LogP contribution in [0.5, 0.6) is 0 Å². The summed E-state index contributed by atoms with van der Waals surface area (Å²) in [6.07, 6.45) is 8.51. The quantitative estimate of drug-likeness (QED) is 0.803. The molecule has 0 radical (unpaired) electrons. The van der Waals surface area contributed by atoms with E-state index in [0.29, 0.717) is 0 Å². The number of likely N-dealkylation sites (tertiary alicyclic amines) is 2. The molecule has 0 aromatic heterocycles. The number of hydrogen-bond acceptors (Lipinski definition) is 3. The Kier molecular flexibility index (Phi) is 4.22. The zero-order valence-electron chi connectivity index (χ0n) is 11.9. The highest BCUT2D eigenvalue weighted by Gasteiger charge is 2.31. The lowest BCUT2D eigenvalue weighted by atomic mass is 9.87. The number of hydrogen-bond donors (Lipinski definition) is 1. The molecule has 0 saturated carbocycles. The van der Waals surface area contributed by atoms with Crippen molar-refractivity contribution in [2.24, 2.45) is 5.92 Å². The first-order valence-electron chi connectivity index (χ1n) is 7.99. The molecule has 1 N–H and O–H groups in total. The minimum atomic E-state index is 0.848. The molecule has 3 heteroatoms. The molecule has 3 fully saturated rings. The Hall–Kier alpha value is -0.120. The van der Waals surface area contributed by atoms with Crippen LogP contribution in [0.2, 0.25) is 0 Å². The largest absolute Gasteiger partial charge is 0.314 e. The molecule has 104 valence electrons. The summed E-state index contributed by atoms with van der Waals surface area (Å²) in [6, 6.07) is 1.70. The summed E-state index contributed by atoms with van der Waals surface area (Å²) in [7, 11) is 2.28. The number of nitrogens with one attached hydrogen (secondary N) is 1. The van der Waals surface area contributed by atoms with Gasteiger partial charge in [0.1, 0.15) is 0 Å². The van der Waals surface area contributed by atoms with Gasteiger partial charge in [-0.1, -0.05) is 0 Å². The van der Waals surface area contributed by atoms with Crippen LogP contribution in [0.4, 0.5) is 0 Å². The number of rotatable bonds is 2. The molecule has 3 rings (SSSR count). The first kappa shape index (κ1) is 12.9. The maximum absolute atomic E-state index is 3.70. The van der Waals surface area contributed by atoms with Gasteiger partial charge in [-0.15, -0.1) is 0 Å². The Morgan fingerprint density at radius 2 is 1.78 bits per heavy atom. The zero-order chi connectivity index (χ0) is 12.4. The van der Waals surface area contributed by atoms with E-state index in [-0.39, 0.29) is 0 Å². The molecule has 3 aliphatic rings. The molecular weight excluding hydrogens is 222 g/mol. The van der Waals surface area contributed by atoms with E-state index in [2.05, 4.69) is 22.2 Å². The maximum atomic E-state index is 3.70. The summed E-state index contributed by atoms with van der Waals surface area (Å²) in [5, 5.41) is 3.70. The highest BCUT2D eigenvalue weighted by atomic mass is 15.2. The van der Waals surface area contributed by atoms with Crippen LogP contribution in [0.1, 0.15) is 38.5 Å². The lowest BCUT2D eigenvalue weighted by molar-refractivity contribution is 0.0723. The molecule has 0 aliphatic carbocycles. The number of nitrogens with zero attached hydrogens (tertiary/aromatic N) is 2. The summed E-state index contributed by atoms with van der Waals surface area (Å²) in [5.74, 6) is 0.963. The Balaban J connectivity index is 1.47. The first-order chi connectivity index (χ1) is 8.83. The molecule has 2 atom stereocenters. The molecule has 18 heavy (non-hydrogen) atoms. The van der Waals surface area contributed by atoms with Crippen molar-refractivity contribution in [3.8, 4) is 0 Å². The molecule has 0 bridgehead atoms. The minimum Gasteiger partial charge on any atom is -0.314 e. The van der Waals surface area contributed by atoms with Crippen LogP contribution < -0.4 is 5.32 Å².